The summed E-state index contributed by atoms with van der Waals surface area (Å²) >= 11 is 0. The summed E-state index contributed by atoms with van der Waals surface area (Å²) < 4.78 is 11.9. The number of fused-ring (bicyclic) bond motifs is 1. The van der Waals surface area contributed by atoms with Gasteiger partial charge in [-0.1, -0.05) is 0 Å². The molecular weight excluding hydrogens is 340 g/mol. The molecule has 0 saturated carbocycles. The van der Waals surface area contributed by atoms with Crippen molar-refractivity contribution in [2.24, 2.45) is 0 Å². The molecule has 0 atom stereocenters. The number of hydrogen-bond acceptors (Lipinski definition) is 7. The number of esters is 1. The highest BCUT2D eigenvalue weighted by molar-refractivity contribution is 6.16. The maximum absolute atomic E-state index is 13.1. The van der Waals surface area contributed by atoms with Crippen molar-refractivity contribution in [3.05, 3.63) is 41.2 Å². The van der Waals surface area contributed by atoms with Crippen LogP contribution in [0, 0.1) is 0 Å². The second-order valence-corrected chi connectivity index (χ2v) is 5.62. The second-order valence-electron chi connectivity index (χ2n) is 5.62. The zero-order valence-electron chi connectivity index (χ0n) is 14.7. The summed E-state index contributed by atoms with van der Waals surface area (Å²) in [5, 5.41) is 0. The fourth-order valence-electron chi connectivity index (χ4n) is 2.93. The van der Waals surface area contributed by atoms with E-state index in [0.29, 0.717) is 13.1 Å². The van der Waals surface area contributed by atoms with Crippen molar-refractivity contribution in [3.63, 3.8) is 0 Å². The van der Waals surface area contributed by atoms with Gasteiger partial charge in [0.1, 0.15) is 17.0 Å². The fraction of sp³-hybridized carbons (Fsp3) is 0.353. The molecule has 0 aliphatic carbocycles. The Morgan fingerprint density at radius 3 is 2.65 bits per heavy atom. The molecule has 0 unspecified atom stereocenters. The van der Waals surface area contributed by atoms with Crippen molar-refractivity contribution in [3.8, 4) is 5.75 Å². The number of likely N-dealkylation sites (N-methyl/N-ethyl adjacent to an activating group) is 1. The number of hydrogen-bond donors (Lipinski definition) is 0. The smallest absolute Gasteiger partial charge is 0.344 e. The Bertz CT molecular complexity index is 875. The molecule has 9 nitrogen and oxygen atoms in total. The van der Waals surface area contributed by atoms with Crippen molar-refractivity contribution < 1.29 is 23.9 Å². The Balaban J connectivity index is 2.28. The van der Waals surface area contributed by atoms with Crippen LogP contribution < -0.4 is 4.74 Å². The number of aromatic nitrogens is 3. The zero-order chi connectivity index (χ0) is 18.8. The first-order valence-corrected chi connectivity index (χ1v) is 8.05. The molecular formula is C17H18N4O5. The predicted molar refractivity (Wildman–Crippen MR) is 89.4 cm³/mol. The third kappa shape index (κ3) is 2.71. The average Bonchev–Trinajstić information content (AvgIpc) is 3.00. The summed E-state index contributed by atoms with van der Waals surface area (Å²) in [7, 11) is 2.99. The molecule has 0 bridgehead atoms. The number of rotatable bonds is 5. The Morgan fingerprint density at radius 2 is 2.04 bits per heavy atom. The molecule has 1 aliphatic heterocycles. The van der Waals surface area contributed by atoms with Crippen molar-refractivity contribution in [2.75, 3.05) is 27.3 Å². The molecule has 3 heterocycles. The van der Waals surface area contributed by atoms with E-state index in [0.717, 1.165) is 0 Å². The fourth-order valence-corrected chi connectivity index (χ4v) is 2.93. The van der Waals surface area contributed by atoms with Crippen LogP contribution in [0.25, 0.3) is 0 Å². The normalized spacial score (nSPS) is 13.3. The highest BCUT2D eigenvalue weighted by atomic mass is 16.5. The van der Waals surface area contributed by atoms with Crippen LogP contribution in [0.3, 0.4) is 0 Å². The molecule has 136 valence electrons. The molecule has 1 aliphatic rings. The van der Waals surface area contributed by atoms with Crippen LogP contribution in [0.1, 0.15) is 44.0 Å². The van der Waals surface area contributed by atoms with Crippen molar-refractivity contribution in [1.29, 1.82) is 0 Å². The molecule has 0 saturated heterocycles. The van der Waals surface area contributed by atoms with Crippen LogP contribution in [0.4, 0.5) is 0 Å². The molecule has 0 aromatic carbocycles. The first kappa shape index (κ1) is 17.6. The molecule has 9 heteroatoms. The van der Waals surface area contributed by atoms with Crippen LogP contribution >= 0.6 is 0 Å². The molecule has 26 heavy (non-hydrogen) atoms. The molecule has 3 rings (SSSR count). The number of amides is 1. The minimum atomic E-state index is -0.728. The van der Waals surface area contributed by atoms with Crippen LogP contribution in [0.5, 0.6) is 5.75 Å². The maximum Gasteiger partial charge on any atom is 0.344 e. The van der Waals surface area contributed by atoms with E-state index in [1.165, 1.54) is 35.2 Å². The summed E-state index contributed by atoms with van der Waals surface area (Å²) in [5.74, 6) is -1.55. The lowest BCUT2D eigenvalue weighted by molar-refractivity contribution is 0.0519. The summed E-state index contributed by atoms with van der Waals surface area (Å²) in [6, 6.07) is 0. The Morgan fingerprint density at radius 1 is 1.27 bits per heavy atom. The number of ether oxygens (including phenoxy) is 2. The quantitative estimate of drug-likeness (QED) is 0.575. The molecule has 0 N–H and O–H groups in total. The van der Waals surface area contributed by atoms with Crippen molar-refractivity contribution in [1.82, 2.24) is 19.4 Å². The van der Waals surface area contributed by atoms with Gasteiger partial charge >= 0.3 is 5.97 Å². The highest BCUT2D eigenvalue weighted by Crippen LogP contribution is 2.35. The van der Waals surface area contributed by atoms with Gasteiger partial charge in [-0.2, -0.15) is 0 Å². The van der Waals surface area contributed by atoms with Gasteiger partial charge in [0.25, 0.3) is 5.91 Å². The Hall–Kier alpha value is -3.23. The number of ketones is 1. The Kier molecular flexibility index (Phi) is 4.70. The lowest BCUT2D eigenvalue weighted by Crippen LogP contribution is -2.38. The highest BCUT2D eigenvalue weighted by Gasteiger charge is 2.39. The molecule has 0 fully saturated rings. The van der Waals surface area contributed by atoms with Gasteiger partial charge in [-0.25, -0.2) is 9.78 Å². The van der Waals surface area contributed by atoms with Gasteiger partial charge in [0.05, 0.1) is 19.9 Å². The predicted octanol–water partition coefficient (Wildman–Crippen LogP) is 0.780. The van der Waals surface area contributed by atoms with Gasteiger partial charge in [0.15, 0.2) is 11.4 Å². The van der Waals surface area contributed by atoms with Crippen molar-refractivity contribution >= 4 is 17.7 Å². The molecule has 1 amide bonds. The van der Waals surface area contributed by atoms with Gasteiger partial charge in [0, 0.05) is 32.5 Å². The zero-order valence-corrected chi connectivity index (χ0v) is 14.7. The topological polar surface area (TPSA) is 104 Å². The SMILES string of the molecule is CCOC(=O)c1c(OC)c2n(c1C(=O)c1cnccn1)CCN(C)C2=O. The lowest BCUT2D eigenvalue weighted by atomic mass is 10.1. The summed E-state index contributed by atoms with van der Waals surface area (Å²) in [6.07, 6.45) is 4.13. The first-order valence-electron chi connectivity index (χ1n) is 8.05. The van der Waals surface area contributed by atoms with Gasteiger partial charge in [-0.15, -0.1) is 0 Å². The summed E-state index contributed by atoms with van der Waals surface area (Å²) in [6.45, 7) is 2.51. The van der Waals surface area contributed by atoms with Crippen molar-refractivity contribution in [2.45, 2.75) is 13.5 Å². The molecule has 0 spiro atoms. The van der Waals surface area contributed by atoms with Gasteiger partial charge in [0.2, 0.25) is 5.78 Å². The molecule has 2 aromatic rings. The van der Waals surface area contributed by atoms with Crippen LogP contribution in [-0.4, -0.2) is 64.4 Å². The number of nitrogens with zero attached hydrogens (tertiary/aromatic N) is 4. The van der Waals surface area contributed by atoms with E-state index in [4.69, 9.17) is 9.47 Å². The second kappa shape index (κ2) is 6.95. The minimum absolute atomic E-state index is 0.0252. The van der Waals surface area contributed by atoms with E-state index in [1.807, 2.05) is 0 Å². The average molecular weight is 358 g/mol. The third-order valence-electron chi connectivity index (χ3n) is 4.12. The first-order chi connectivity index (χ1) is 12.5. The van der Waals surface area contributed by atoms with Crippen LogP contribution in [0.15, 0.2) is 18.6 Å². The van der Waals surface area contributed by atoms with Crippen LogP contribution in [-0.2, 0) is 11.3 Å². The van der Waals surface area contributed by atoms with E-state index >= 15 is 0 Å². The molecule has 0 radical (unpaired) electrons. The minimum Gasteiger partial charge on any atom is -0.493 e. The lowest BCUT2D eigenvalue weighted by Gasteiger charge is -2.25. The van der Waals surface area contributed by atoms with E-state index < -0.39 is 11.8 Å². The van der Waals surface area contributed by atoms with Crippen LogP contribution in [0.2, 0.25) is 0 Å². The van der Waals surface area contributed by atoms with Gasteiger partial charge in [-0.3, -0.25) is 14.6 Å². The molecule has 2 aromatic heterocycles. The van der Waals surface area contributed by atoms with Gasteiger partial charge in [-0.05, 0) is 6.92 Å². The summed E-state index contributed by atoms with van der Waals surface area (Å²) in [5.41, 5.74) is 0.171. The largest absolute Gasteiger partial charge is 0.493 e. The van der Waals surface area contributed by atoms with E-state index in [2.05, 4.69) is 9.97 Å². The Labute approximate surface area is 149 Å². The van der Waals surface area contributed by atoms with E-state index in [1.54, 1.807) is 14.0 Å². The number of carbonyl (C=O) groups is 3. The summed E-state index contributed by atoms with van der Waals surface area (Å²) in [4.78, 5) is 47.6. The van der Waals surface area contributed by atoms with Gasteiger partial charge < -0.3 is 18.9 Å². The number of methoxy groups -OCH3 is 1. The maximum atomic E-state index is 13.1. The van der Waals surface area contributed by atoms with E-state index in [9.17, 15) is 14.4 Å². The number of carbonyl (C=O) groups excluding carboxylic acids is 3. The monoisotopic (exact) mass is 358 g/mol. The van der Waals surface area contributed by atoms with E-state index in [-0.39, 0.29) is 40.9 Å². The third-order valence-corrected chi connectivity index (χ3v) is 4.12. The standard InChI is InChI=1S/C17H18N4O5/c1-4-26-17(24)11-12(14(22)10-9-18-5-6-19-10)21-8-7-20(2)16(23)13(21)15(11)25-3/h5-6,9H,4,7-8H2,1-3H3.